The van der Waals surface area contributed by atoms with Gasteiger partial charge in [-0.15, -0.1) is 5.10 Å². The van der Waals surface area contributed by atoms with Crippen LogP contribution in [0, 0.1) is 0 Å². The maximum absolute atomic E-state index is 11.9. The van der Waals surface area contributed by atoms with Crippen molar-refractivity contribution in [1.82, 2.24) is 10.2 Å². The molecular formula is C25H19N3O2. The number of esters is 1. The first-order chi connectivity index (χ1) is 14.7. The van der Waals surface area contributed by atoms with Gasteiger partial charge in [0.15, 0.2) is 5.82 Å². The molecule has 4 rings (SSSR count). The van der Waals surface area contributed by atoms with E-state index in [4.69, 9.17) is 9.73 Å². The molecule has 3 aromatic carbocycles. The summed E-state index contributed by atoms with van der Waals surface area (Å²) >= 11 is 0. The Kier molecular flexibility index (Phi) is 5.71. The largest absolute Gasteiger partial charge is 0.465 e. The van der Waals surface area contributed by atoms with E-state index in [2.05, 4.69) is 10.2 Å². The maximum atomic E-state index is 11.9. The summed E-state index contributed by atoms with van der Waals surface area (Å²) < 4.78 is 4.81. The highest BCUT2D eigenvalue weighted by Crippen LogP contribution is 2.24. The van der Waals surface area contributed by atoms with Crippen LogP contribution in [0.4, 0.5) is 5.82 Å². The van der Waals surface area contributed by atoms with Crippen LogP contribution in [-0.2, 0) is 4.74 Å². The molecule has 0 aliphatic carbocycles. The first kappa shape index (κ1) is 19.2. The standard InChI is InChI=1S/C25H19N3O2/c1-30-25(29)21-14-8-13-20(15-21)22-16-23(28-26-17-22)27-24(18-9-4-2-5-10-18)19-11-6-3-7-12-19/h2-17H,1H3. The molecule has 146 valence electrons. The molecule has 0 aliphatic rings. The third kappa shape index (κ3) is 4.31. The number of hydrogen-bond acceptors (Lipinski definition) is 5. The van der Waals surface area contributed by atoms with Crippen LogP contribution in [0.2, 0.25) is 0 Å². The van der Waals surface area contributed by atoms with E-state index >= 15 is 0 Å². The van der Waals surface area contributed by atoms with Gasteiger partial charge in [0, 0.05) is 16.7 Å². The van der Waals surface area contributed by atoms with E-state index in [0.29, 0.717) is 11.4 Å². The zero-order chi connectivity index (χ0) is 20.8. The van der Waals surface area contributed by atoms with E-state index in [-0.39, 0.29) is 5.97 Å². The fourth-order valence-electron chi connectivity index (χ4n) is 3.11. The van der Waals surface area contributed by atoms with Crippen LogP contribution in [0.5, 0.6) is 0 Å². The lowest BCUT2D eigenvalue weighted by molar-refractivity contribution is 0.0601. The highest BCUT2D eigenvalue weighted by Gasteiger charge is 2.10. The number of aliphatic imine (C=N–C) groups is 1. The number of rotatable bonds is 5. The Bertz CT molecular complexity index is 1150. The van der Waals surface area contributed by atoms with Crippen LogP contribution in [0.1, 0.15) is 21.5 Å². The summed E-state index contributed by atoms with van der Waals surface area (Å²) in [5.74, 6) is 0.103. The summed E-state index contributed by atoms with van der Waals surface area (Å²) in [5, 5.41) is 8.32. The van der Waals surface area contributed by atoms with Crippen molar-refractivity contribution in [1.29, 1.82) is 0 Å². The molecule has 0 spiro atoms. The highest BCUT2D eigenvalue weighted by atomic mass is 16.5. The zero-order valence-electron chi connectivity index (χ0n) is 16.4. The van der Waals surface area contributed by atoms with E-state index in [0.717, 1.165) is 28.0 Å². The minimum atomic E-state index is -0.382. The summed E-state index contributed by atoms with van der Waals surface area (Å²) in [6.07, 6.45) is 1.65. The molecule has 1 aromatic heterocycles. The van der Waals surface area contributed by atoms with Gasteiger partial charge in [0.05, 0.1) is 24.6 Å². The molecule has 1 heterocycles. The van der Waals surface area contributed by atoms with Crippen LogP contribution in [0.3, 0.4) is 0 Å². The SMILES string of the molecule is COC(=O)c1cccc(-c2cnnc(N=C(c3ccccc3)c3ccccc3)c2)c1. The molecule has 0 bridgehead atoms. The van der Waals surface area contributed by atoms with E-state index in [1.807, 2.05) is 78.9 Å². The molecular weight excluding hydrogens is 374 g/mol. The average Bonchev–Trinajstić information content (AvgIpc) is 2.83. The van der Waals surface area contributed by atoms with Gasteiger partial charge in [-0.25, -0.2) is 9.79 Å². The third-order valence-electron chi connectivity index (χ3n) is 4.58. The molecule has 0 saturated carbocycles. The number of hydrogen-bond donors (Lipinski definition) is 0. The summed E-state index contributed by atoms with van der Waals surface area (Å²) in [6.45, 7) is 0. The number of benzene rings is 3. The Balaban J connectivity index is 1.77. The first-order valence-electron chi connectivity index (χ1n) is 9.45. The Morgan fingerprint density at radius 2 is 1.40 bits per heavy atom. The van der Waals surface area contributed by atoms with Gasteiger partial charge in [0.25, 0.3) is 0 Å². The minimum Gasteiger partial charge on any atom is -0.465 e. The van der Waals surface area contributed by atoms with E-state index in [1.165, 1.54) is 7.11 Å². The van der Waals surface area contributed by atoms with E-state index < -0.39 is 0 Å². The van der Waals surface area contributed by atoms with Crippen LogP contribution in [0.15, 0.2) is 102 Å². The Hall–Kier alpha value is -4.12. The molecule has 0 unspecified atom stereocenters. The third-order valence-corrected chi connectivity index (χ3v) is 4.58. The predicted octanol–water partition coefficient (Wildman–Crippen LogP) is 5.10. The van der Waals surface area contributed by atoms with Gasteiger partial charge in [-0.3, -0.25) is 0 Å². The highest BCUT2D eigenvalue weighted by molar-refractivity contribution is 6.13. The van der Waals surface area contributed by atoms with Crippen molar-refractivity contribution in [3.05, 3.63) is 114 Å². The van der Waals surface area contributed by atoms with Gasteiger partial charge >= 0.3 is 5.97 Å². The Morgan fingerprint density at radius 3 is 2.03 bits per heavy atom. The second-order valence-electron chi connectivity index (χ2n) is 6.57. The van der Waals surface area contributed by atoms with Crippen molar-refractivity contribution in [3.63, 3.8) is 0 Å². The zero-order valence-corrected chi connectivity index (χ0v) is 16.4. The molecule has 30 heavy (non-hydrogen) atoms. The summed E-state index contributed by atoms with van der Waals surface area (Å²) in [5.41, 5.74) is 4.92. The quantitative estimate of drug-likeness (QED) is 0.350. The molecule has 0 atom stereocenters. The lowest BCUT2D eigenvalue weighted by Gasteiger charge is -2.08. The van der Waals surface area contributed by atoms with Gasteiger partial charge in [0.2, 0.25) is 0 Å². The smallest absolute Gasteiger partial charge is 0.337 e. The number of ether oxygens (including phenoxy) is 1. The molecule has 0 saturated heterocycles. The number of nitrogens with zero attached hydrogens (tertiary/aromatic N) is 3. The molecule has 0 radical (unpaired) electrons. The average molecular weight is 393 g/mol. The topological polar surface area (TPSA) is 64.4 Å². The normalized spacial score (nSPS) is 10.3. The van der Waals surface area contributed by atoms with E-state index in [1.54, 1.807) is 18.3 Å². The monoisotopic (exact) mass is 393 g/mol. The van der Waals surface area contributed by atoms with Gasteiger partial charge in [-0.2, -0.15) is 5.10 Å². The fraction of sp³-hybridized carbons (Fsp3) is 0.0400. The van der Waals surface area contributed by atoms with Crippen LogP contribution >= 0.6 is 0 Å². The van der Waals surface area contributed by atoms with Gasteiger partial charge in [0.1, 0.15) is 0 Å². The van der Waals surface area contributed by atoms with Crippen molar-refractivity contribution in [2.24, 2.45) is 4.99 Å². The summed E-state index contributed by atoms with van der Waals surface area (Å²) in [4.78, 5) is 16.7. The Labute approximate surface area is 174 Å². The van der Waals surface area contributed by atoms with Gasteiger partial charge in [-0.1, -0.05) is 72.8 Å². The number of aromatic nitrogens is 2. The second kappa shape index (κ2) is 8.92. The van der Waals surface area contributed by atoms with Crippen LogP contribution in [-0.4, -0.2) is 29.0 Å². The molecule has 5 nitrogen and oxygen atoms in total. The van der Waals surface area contributed by atoms with Crippen LogP contribution < -0.4 is 0 Å². The number of carbonyl (C=O) groups is 1. The van der Waals surface area contributed by atoms with Crippen molar-refractivity contribution in [2.75, 3.05) is 7.11 Å². The first-order valence-corrected chi connectivity index (χ1v) is 9.45. The fourth-order valence-corrected chi connectivity index (χ4v) is 3.11. The summed E-state index contributed by atoms with van der Waals surface area (Å²) in [6, 6.07) is 29.0. The van der Waals surface area contributed by atoms with E-state index in [9.17, 15) is 4.79 Å². The van der Waals surface area contributed by atoms with Crippen molar-refractivity contribution in [3.8, 4) is 11.1 Å². The second-order valence-corrected chi connectivity index (χ2v) is 6.57. The minimum absolute atomic E-state index is 0.382. The maximum Gasteiger partial charge on any atom is 0.337 e. The van der Waals surface area contributed by atoms with Crippen molar-refractivity contribution in [2.45, 2.75) is 0 Å². The molecule has 0 aliphatic heterocycles. The van der Waals surface area contributed by atoms with Gasteiger partial charge in [-0.05, 0) is 23.8 Å². The summed E-state index contributed by atoms with van der Waals surface area (Å²) in [7, 11) is 1.37. The lowest BCUT2D eigenvalue weighted by atomic mass is 10.0. The Morgan fingerprint density at radius 1 is 0.767 bits per heavy atom. The van der Waals surface area contributed by atoms with Crippen molar-refractivity contribution >= 4 is 17.5 Å². The molecule has 4 aromatic rings. The predicted molar refractivity (Wildman–Crippen MR) is 117 cm³/mol. The molecule has 0 N–H and O–H groups in total. The lowest BCUT2D eigenvalue weighted by Crippen LogP contribution is -2.03. The molecule has 0 fully saturated rings. The van der Waals surface area contributed by atoms with Gasteiger partial charge < -0.3 is 4.74 Å². The molecule has 5 heteroatoms. The molecule has 0 amide bonds. The van der Waals surface area contributed by atoms with Crippen LogP contribution in [0.25, 0.3) is 11.1 Å². The van der Waals surface area contributed by atoms with Crippen molar-refractivity contribution < 1.29 is 9.53 Å². The number of methoxy groups -OCH3 is 1. The number of carbonyl (C=O) groups excluding carboxylic acids is 1.